The van der Waals surface area contributed by atoms with E-state index in [1.165, 1.54) is 43.3 Å². The Hall–Kier alpha value is -5.25. The van der Waals surface area contributed by atoms with Crippen LogP contribution < -0.4 is 20.5 Å². The van der Waals surface area contributed by atoms with Crippen LogP contribution in [0.2, 0.25) is 0 Å². The molecule has 0 bridgehead atoms. The number of fused-ring (bicyclic) bond motifs is 1. The smallest absolute Gasteiger partial charge is 0.433 e. The maximum Gasteiger partial charge on any atom is 0.433 e. The van der Waals surface area contributed by atoms with Crippen molar-refractivity contribution in [3.05, 3.63) is 95.2 Å². The predicted molar refractivity (Wildman–Crippen MR) is 162 cm³/mol. The molecular formula is C34H27F7N4O5. The number of primary amides is 1. The normalized spacial score (nSPS) is 18.5. The number of nitrogens with one attached hydrogen (secondary N) is 1. The maximum absolute atomic E-state index is 14.8. The van der Waals surface area contributed by atoms with Crippen molar-refractivity contribution in [3.8, 4) is 33.9 Å². The molecule has 1 aliphatic carbocycles. The van der Waals surface area contributed by atoms with Gasteiger partial charge in [0.25, 0.3) is 5.91 Å². The molecule has 1 saturated carbocycles. The van der Waals surface area contributed by atoms with Crippen LogP contribution in [0.4, 0.5) is 30.7 Å². The van der Waals surface area contributed by atoms with E-state index in [1.807, 2.05) is 0 Å². The molecule has 2 aliphatic rings. The van der Waals surface area contributed by atoms with Crippen molar-refractivity contribution in [2.24, 2.45) is 5.73 Å². The molecule has 9 nitrogen and oxygen atoms in total. The summed E-state index contributed by atoms with van der Waals surface area (Å²) in [6.07, 6.45) is -8.21. The summed E-state index contributed by atoms with van der Waals surface area (Å²) in [6.45, 7) is -0.469. The molecule has 6 rings (SSSR count). The molecule has 0 radical (unpaired) electrons. The van der Waals surface area contributed by atoms with Gasteiger partial charge in [-0.25, -0.2) is 9.37 Å². The van der Waals surface area contributed by atoms with Crippen LogP contribution in [0.25, 0.3) is 22.4 Å². The average molecular weight is 705 g/mol. The second kappa shape index (κ2) is 12.3. The van der Waals surface area contributed by atoms with E-state index in [9.17, 15) is 45.4 Å². The van der Waals surface area contributed by atoms with Crippen molar-refractivity contribution >= 4 is 11.8 Å². The highest BCUT2D eigenvalue weighted by molar-refractivity contribution is 5.96. The molecule has 0 saturated heterocycles. The zero-order chi connectivity index (χ0) is 36.2. The summed E-state index contributed by atoms with van der Waals surface area (Å²) >= 11 is 0. The van der Waals surface area contributed by atoms with E-state index in [0.717, 1.165) is 30.5 Å². The number of benzene rings is 2. The first kappa shape index (κ1) is 34.6. The number of nitrogens with zero attached hydrogens (tertiary/aromatic N) is 2. The number of ether oxygens (including phenoxy) is 2. The Labute approximate surface area is 279 Å². The third-order valence-electron chi connectivity index (χ3n) is 8.55. The van der Waals surface area contributed by atoms with Crippen LogP contribution in [-0.4, -0.2) is 52.3 Å². The number of nitrogens with two attached hydrogens (primary N) is 1. The number of pyridine rings is 2. The largest absolute Gasteiger partial charge is 0.490 e. The third-order valence-corrected chi connectivity index (χ3v) is 8.55. The van der Waals surface area contributed by atoms with E-state index < -0.39 is 58.9 Å². The average Bonchev–Trinajstić information content (AvgIpc) is 3.82. The lowest BCUT2D eigenvalue weighted by Crippen LogP contribution is -2.51. The number of rotatable bonds is 9. The van der Waals surface area contributed by atoms with Gasteiger partial charge in [-0.2, -0.15) is 26.3 Å². The van der Waals surface area contributed by atoms with Crippen molar-refractivity contribution in [1.29, 1.82) is 0 Å². The third kappa shape index (κ3) is 6.42. The van der Waals surface area contributed by atoms with Gasteiger partial charge in [-0.15, -0.1) is 0 Å². The lowest BCUT2D eigenvalue weighted by Gasteiger charge is -2.31. The number of alkyl halides is 6. The fourth-order valence-corrected chi connectivity index (χ4v) is 5.37. The van der Waals surface area contributed by atoms with Crippen molar-refractivity contribution in [1.82, 2.24) is 15.3 Å². The first-order valence-corrected chi connectivity index (χ1v) is 15.1. The second-order valence-electron chi connectivity index (χ2n) is 12.2. The van der Waals surface area contributed by atoms with E-state index in [1.54, 1.807) is 0 Å². The van der Waals surface area contributed by atoms with Gasteiger partial charge >= 0.3 is 12.4 Å². The van der Waals surface area contributed by atoms with Gasteiger partial charge in [-0.1, -0.05) is 0 Å². The highest BCUT2D eigenvalue weighted by Crippen LogP contribution is 2.48. The molecule has 0 unspecified atom stereocenters. The van der Waals surface area contributed by atoms with Crippen LogP contribution in [0.15, 0.2) is 66.9 Å². The van der Waals surface area contributed by atoms with Gasteiger partial charge in [0, 0.05) is 28.5 Å². The fraction of sp³-hybridized carbons (Fsp3) is 0.294. The molecule has 0 spiro atoms. The number of aliphatic hydroxyl groups is 1. The van der Waals surface area contributed by atoms with Gasteiger partial charge in [-0.3, -0.25) is 14.6 Å². The highest BCUT2D eigenvalue weighted by atomic mass is 19.4. The molecule has 1 aliphatic heterocycles. The standard InChI is InChI=1S/C34H27F7N4O5/c1-31(30(42)47)16-49-28-23(31)14-25(45-27(28)17-2-5-20(35)6-3-17)32(48,34(39,40)41)15-44-29(46)19-4-9-22(24(12-19)50-21-7-8-21)18-10-11-43-26(13-18)33(36,37)38/h2-6,9-14,21,48H,7-8,15-16H2,1H3,(H2,42,47)(H,44,46)/t31-,32-/m0/s1. The molecule has 2 aromatic carbocycles. The Morgan fingerprint density at radius 2 is 1.70 bits per heavy atom. The number of carbonyl (C=O) groups is 2. The summed E-state index contributed by atoms with van der Waals surface area (Å²) < 4.78 is 110. The number of halogens is 7. The topological polar surface area (TPSA) is 137 Å². The van der Waals surface area contributed by atoms with E-state index >= 15 is 0 Å². The Kier molecular flexibility index (Phi) is 8.49. The fourth-order valence-electron chi connectivity index (χ4n) is 5.37. The molecule has 2 aromatic heterocycles. The Balaban J connectivity index is 1.36. The molecule has 16 heteroatoms. The zero-order valence-electron chi connectivity index (χ0n) is 26.0. The van der Waals surface area contributed by atoms with Crippen molar-refractivity contribution in [2.75, 3.05) is 13.2 Å². The molecular weight excluding hydrogens is 677 g/mol. The number of aromatic nitrogens is 2. The number of hydrogen-bond donors (Lipinski definition) is 3. The lowest BCUT2D eigenvalue weighted by molar-refractivity contribution is -0.265. The minimum atomic E-state index is -5.45. The van der Waals surface area contributed by atoms with Crippen LogP contribution in [0.3, 0.4) is 0 Å². The quantitative estimate of drug-likeness (QED) is 0.187. The monoisotopic (exact) mass is 704 g/mol. The van der Waals surface area contributed by atoms with Crippen LogP contribution in [-0.2, 0) is 22.0 Å². The van der Waals surface area contributed by atoms with Gasteiger partial charge in [0.1, 0.15) is 40.7 Å². The zero-order valence-corrected chi connectivity index (χ0v) is 26.0. The molecule has 262 valence electrons. The minimum absolute atomic E-state index is 0.0144. The summed E-state index contributed by atoms with van der Waals surface area (Å²) in [6, 6.07) is 11.1. The van der Waals surface area contributed by atoms with E-state index in [2.05, 4.69) is 15.3 Å². The summed E-state index contributed by atoms with van der Waals surface area (Å²) in [5.74, 6) is -2.74. The predicted octanol–water partition coefficient (Wildman–Crippen LogP) is 5.83. The van der Waals surface area contributed by atoms with Gasteiger partial charge in [0.2, 0.25) is 11.5 Å². The Morgan fingerprint density at radius 3 is 2.32 bits per heavy atom. The van der Waals surface area contributed by atoms with Crippen LogP contribution >= 0.6 is 0 Å². The van der Waals surface area contributed by atoms with E-state index in [0.29, 0.717) is 12.8 Å². The lowest BCUT2D eigenvalue weighted by atomic mass is 9.81. The van der Waals surface area contributed by atoms with Gasteiger partial charge in [0.05, 0.1) is 18.3 Å². The molecule has 2 atom stereocenters. The maximum atomic E-state index is 14.8. The Morgan fingerprint density at radius 1 is 1.00 bits per heavy atom. The number of amides is 2. The first-order chi connectivity index (χ1) is 23.4. The summed E-state index contributed by atoms with van der Waals surface area (Å²) in [7, 11) is 0. The van der Waals surface area contributed by atoms with Crippen LogP contribution in [0.5, 0.6) is 11.5 Å². The number of hydrogen-bond acceptors (Lipinski definition) is 7. The number of carbonyl (C=O) groups excluding carboxylic acids is 2. The summed E-state index contributed by atoms with van der Waals surface area (Å²) in [5, 5.41) is 13.4. The van der Waals surface area contributed by atoms with Crippen molar-refractivity contribution < 1.29 is 54.9 Å². The van der Waals surface area contributed by atoms with Gasteiger partial charge in [0.15, 0.2) is 0 Å². The summed E-state index contributed by atoms with van der Waals surface area (Å²) in [5.41, 5.74) is -2.25. The molecule has 2 amide bonds. The molecule has 50 heavy (non-hydrogen) atoms. The van der Waals surface area contributed by atoms with Crippen molar-refractivity contribution in [2.45, 2.75) is 49.2 Å². The van der Waals surface area contributed by atoms with Gasteiger partial charge < -0.3 is 25.6 Å². The summed E-state index contributed by atoms with van der Waals surface area (Å²) in [4.78, 5) is 33.1. The SMILES string of the molecule is C[C@]1(C(N)=O)COc2c1cc([C@@](O)(CNC(=O)c1ccc(-c3ccnc(C(F)(F)F)c3)c(OC3CC3)c1)C(F)(F)F)nc2-c1ccc(F)cc1. The second-order valence-corrected chi connectivity index (χ2v) is 12.2. The van der Waals surface area contributed by atoms with Gasteiger partial charge in [-0.05, 0) is 86.0 Å². The highest BCUT2D eigenvalue weighted by Gasteiger charge is 2.57. The van der Waals surface area contributed by atoms with Crippen LogP contribution in [0, 0.1) is 5.82 Å². The first-order valence-electron chi connectivity index (χ1n) is 15.1. The molecule has 1 fully saturated rings. The molecule has 4 aromatic rings. The van der Waals surface area contributed by atoms with Crippen molar-refractivity contribution in [3.63, 3.8) is 0 Å². The minimum Gasteiger partial charge on any atom is -0.490 e. The molecule has 3 heterocycles. The van der Waals surface area contributed by atoms with Crippen LogP contribution in [0.1, 0.15) is 47.1 Å². The molecule has 4 N–H and O–H groups in total. The van der Waals surface area contributed by atoms with E-state index in [-0.39, 0.29) is 57.7 Å². The van der Waals surface area contributed by atoms with E-state index in [4.69, 9.17) is 15.2 Å². The Bertz CT molecular complexity index is 1980.